The van der Waals surface area contributed by atoms with Crippen LogP contribution < -0.4 is 5.32 Å². The van der Waals surface area contributed by atoms with E-state index in [-0.39, 0.29) is 5.91 Å². The fourth-order valence-electron chi connectivity index (χ4n) is 7.24. The van der Waals surface area contributed by atoms with Crippen molar-refractivity contribution in [3.63, 3.8) is 0 Å². The van der Waals surface area contributed by atoms with Crippen LogP contribution in [-0.2, 0) is 4.79 Å². The van der Waals surface area contributed by atoms with Gasteiger partial charge in [0.2, 0.25) is 5.91 Å². The van der Waals surface area contributed by atoms with Gasteiger partial charge >= 0.3 is 0 Å². The van der Waals surface area contributed by atoms with Crippen LogP contribution in [0.1, 0.15) is 64.4 Å². The molecule has 2 saturated carbocycles. The summed E-state index contributed by atoms with van der Waals surface area (Å²) in [6.45, 7) is 4.98. The minimum absolute atomic E-state index is 0.271. The van der Waals surface area contributed by atoms with E-state index in [1.165, 1.54) is 31.2 Å². The van der Waals surface area contributed by atoms with Crippen LogP contribution in [0, 0.1) is 28.6 Å². The molecule has 0 bridgehead atoms. The molecule has 1 N–H and O–H groups in total. The van der Waals surface area contributed by atoms with E-state index in [0.717, 1.165) is 37.0 Å². The second-order valence-electron chi connectivity index (χ2n) is 9.63. The Bertz CT molecular complexity index is 757. The number of fused-ring (bicyclic) bond motifs is 5. The van der Waals surface area contributed by atoms with Gasteiger partial charge in [-0.1, -0.05) is 26.0 Å². The Labute approximate surface area is 156 Å². The van der Waals surface area contributed by atoms with Gasteiger partial charge in [-0.3, -0.25) is 9.78 Å². The third kappa shape index (κ3) is 2.18. The lowest BCUT2D eigenvalue weighted by Crippen LogP contribution is -2.60. The number of hydrogen-bond donors (Lipinski definition) is 1. The van der Waals surface area contributed by atoms with Gasteiger partial charge in [0.15, 0.2) is 0 Å². The van der Waals surface area contributed by atoms with Crippen molar-refractivity contribution in [1.82, 2.24) is 10.3 Å². The van der Waals surface area contributed by atoms with Crippen LogP contribution in [0.15, 0.2) is 30.6 Å². The lowest BCUT2D eigenvalue weighted by molar-refractivity contribution is -0.134. The molecule has 6 atom stereocenters. The van der Waals surface area contributed by atoms with Crippen molar-refractivity contribution in [2.75, 3.05) is 0 Å². The van der Waals surface area contributed by atoms with Crippen LogP contribution in [0.2, 0.25) is 0 Å². The van der Waals surface area contributed by atoms with Crippen LogP contribution in [0.3, 0.4) is 0 Å². The van der Waals surface area contributed by atoms with Crippen LogP contribution in [0.4, 0.5) is 0 Å². The van der Waals surface area contributed by atoms with Crippen LogP contribution >= 0.6 is 0 Å². The molecule has 3 fully saturated rings. The highest BCUT2D eigenvalue weighted by Gasteiger charge is 2.58. The number of rotatable bonds is 1. The fraction of sp³-hybridized carbons (Fsp3) is 0.652. The number of nitrogens with zero attached hydrogens (tertiary/aromatic N) is 1. The van der Waals surface area contributed by atoms with E-state index in [2.05, 4.69) is 42.4 Å². The number of amides is 1. The lowest BCUT2D eigenvalue weighted by atomic mass is 9.47. The van der Waals surface area contributed by atoms with Crippen molar-refractivity contribution >= 4 is 11.5 Å². The summed E-state index contributed by atoms with van der Waals surface area (Å²) in [5, 5.41) is 3.34. The first kappa shape index (κ1) is 16.5. The molecule has 0 spiro atoms. The molecule has 0 radical (unpaired) electrons. The number of piperidine rings is 1. The zero-order valence-corrected chi connectivity index (χ0v) is 16.0. The smallest absolute Gasteiger partial charge is 0.220 e. The van der Waals surface area contributed by atoms with E-state index >= 15 is 0 Å². The normalized spacial score (nSPS) is 44.4. The zero-order chi connectivity index (χ0) is 17.9. The molecule has 5 rings (SSSR count). The molecule has 26 heavy (non-hydrogen) atoms. The maximum Gasteiger partial charge on any atom is 0.220 e. The van der Waals surface area contributed by atoms with E-state index < -0.39 is 0 Å². The molecule has 1 aromatic heterocycles. The number of aromatic nitrogens is 1. The SMILES string of the molecule is C[C@]12CCC(=O)NC1CC[C@@H]1[C@@H]2CC[C@]2(C)C(c3cccnc3)=CC[C@@H]12. The number of pyridine rings is 1. The molecule has 138 valence electrons. The highest BCUT2D eigenvalue weighted by atomic mass is 16.1. The van der Waals surface area contributed by atoms with Crippen molar-refractivity contribution in [2.24, 2.45) is 28.6 Å². The summed E-state index contributed by atoms with van der Waals surface area (Å²) < 4.78 is 0. The molecular weight excluding hydrogens is 320 g/mol. The lowest BCUT2D eigenvalue weighted by Gasteiger charge is -2.60. The molecule has 1 amide bonds. The highest BCUT2D eigenvalue weighted by Crippen LogP contribution is 2.65. The largest absolute Gasteiger partial charge is 0.353 e. The van der Waals surface area contributed by atoms with Crippen LogP contribution in [0.5, 0.6) is 0 Å². The molecule has 1 unspecified atom stereocenters. The average Bonchev–Trinajstić information content (AvgIpc) is 3.00. The molecule has 0 aromatic carbocycles. The summed E-state index contributed by atoms with van der Waals surface area (Å²) in [5.41, 5.74) is 3.46. The Balaban J connectivity index is 1.45. The first-order valence-corrected chi connectivity index (χ1v) is 10.4. The van der Waals surface area contributed by atoms with Crippen molar-refractivity contribution in [3.8, 4) is 0 Å². The Kier molecular flexibility index (Phi) is 3.61. The number of carbonyl (C=O) groups excluding carboxylic acids is 1. The maximum absolute atomic E-state index is 11.9. The van der Waals surface area contributed by atoms with Gasteiger partial charge < -0.3 is 5.32 Å². The van der Waals surface area contributed by atoms with E-state index in [4.69, 9.17) is 0 Å². The molecule has 1 aromatic rings. The summed E-state index contributed by atoms with van der Waals surface area (Å²) >= 11 is 0. The topological polar surface area (TPSA) is 42.0 Å². The van der Waals surface area contributed by atoms with E-state index in [1.807, 2.05) is 12.4 Å². The number of carbonyl (C=O) groups is 1. The van der Waals surface area contributed by atoms with Crippen LogP contribution in [0.25, 0.3) is 5.57 Å². The molecule has 3 nitrogen and oxygen atoms in total. The molecule has 3 heteroatoms. The standard InChI is InChI=1S/C23H30N2O/c1-22-11-9-19-16(5-8-20-23(19,2)12-10-21(26)25-20)18(22)7-6-17(22)15-4-3-13-24-14-15/h3-4,6,13-14,16,18-20H,5,7-12H2,1-2H3,(H,25,26)/t16-,18-,19-,20?,22+,23+/m0/s1. The first-order valence-electron chi connectivity index (χ1n) is 10.4. The van der Waals surface area contributed by atoms with Gasteiger partial charge in [-0.15, -0.1) is 0 Å². The number of hydrogen-bond acceptors (Lipinski definition) is 2. The quantitative estimate of drug-likeness (QED) is 0.804. The van der Waals surface area contributed by atoms with Gasteiger partial charge in [-0.25, -0.2) is 0 Å². The molecule has 1 aliphatic heterocycles. The average molecular weight is 351 g/mol. The van der Waals surface area contributed by atoms with Gasteiger partial charge in [0.05, 0.1) is 0 Å². The summed E-state index contributed by atoms with van der Waals surface area (Å²) in [7, 11) is 0. The number of nitrogens with one attached hydrogen (secondary N) is 1. The fourth-order valence-corrected chi connectivity index (χ4v) is 7.24. The molecular formula is C23H30N2O. The first-order chi connectivity index (χ1) is 12.5. The molecule has 4 aliphatic rings. The monoisotopic (exact) mass is 350 g/mol. The molecule has 1 saturated heterocycles. The van der Waals surface area contributed by atoms with Gasteiger partial charge in [0.25, 0.3) is 0 Å². The van der Waals surface area contributed by atoms with E-state index in [0.29, 0.717) is 16.9 Å². The second-order valence-corrected chi connectivity index (χ2v) is 9.63. The Morgan fingerprint density at radius 1 is 1.15 bits per heavy atom. The van der Waals surface area contributed by atoms with Crippen molar-refractivity contribution in [2.45, 2.75) is 64.8 Å². The molecule has 3 aliphatic carbocycles. The predicted octanol–water partition coefficient (Wildman–Crippen LogP) is 4.60. The number of allylic oxidation sites excluding steroid dienone is 2. The minimum Gasteiger partial charge on any atom is -0.353 e. The van der Waals surface area contributed by atoms with Gasteiger partial charge in [-0.2, -0.15) is 0 Å². The van der Waals surface area contributed by atoms with Crippen molar-refractivity contribution in [3.05, 3.63) is 36.2 Å². The highest BCUT2D eigenvalue weighted by molar-refractivity contribution is 5.77. The third-order valence-corrected chi connectivity index (χ3v) is 8.65. The zero-order valence-electron chi connectivity index (χ0n) is 16.0. The Morgan fingerprint density at radius 3 is 2.85 bits per heavy atom. The van der Waals surface area contributed by atoms with Crippen molar-refractivity contribution in [1.29, 1.82) is 0 Å². The third-order valence-electron chi connectivity index (χ3n) is 8.65. The Hall–Kier alpha value is -1.64. The predicted molar refractivity (Wildman–Crippen MR) is 103 cm³/mol. The molecule has 2 heterocycles. The van der Waals surface area contributed by atoms with Gasteiger partial charge in [-0.05, 0) is 84.3 Å². The van der Waals surface area contributed by atoms with Gasteiger partial charge in [0, 0.05) is 24.9 Å². The van der Waals surface area contributed by atoms with E-state index in [9.17, 15) is 4.79 Å². The minimum atomic E-state index is 0.271. The van der Waals surface area contributed by atoms with Gasteiger partial charge in [0.1, 0.15) is 0 Å². The van der Waals surface area contributed by atoms with Crippen LogP contribution in [-0.4, -0.2) is 16.9 Å². The van der Waals surface area contributed by atoms with E-state index in [1.54, 1.807) is 5.57 Å². The second kappa shape index (κ2) is 5.68. The maximum atomic E-state index is 11.9. The summed E-state index contributed by atoms with van der Waals surface area (Å²) in [6.07, 6.45) is 14.5. The summed E-state index contributed by atoms with van der Waals surface area (Å²) in [6, 6.07) is 4.70. The summed E-state index contributed by atoms with van der Waals surface area (Å²) in [4.78, 5) is 16.3. The Morgan fingerprint density at radius 2 is 2.04 bits per heavy atom. The van der Waals surface area contributed by atoms with Crippen molar-refractivity contribution < 1.29 is 4.79 Å². The summed E-state index contributed by atoms with van der Waals surface area (Å²) in [5.74, 6) is 2.59.